The van der Waals surface area contributed by atoms with Gasteiger partial charge in [0.2, 0.25) is 0 Å². The molecule has 0 saturated carbocycles. The summed E-state index contributed by atoms with van der Waals surface area (Å²) >= 11 is 9.12. The second kappa shape index (κ2) is 7.21. The zero-order chi connectivity index (χ0) is 14.7. The van der Waals surface area contributed by atoms with Crippen molar-refractivity contribution in [3.8, 4) is 0 Å². The first-order chi connectivity index (χ1) is 9.52. The molecular weight excluding hydrogens is 398 g/mol. The van der Waals surface area contributed by atoms with Gasteiger partial charge in [-0.15, -0.1) is 11.3 Å². The number of thiophene rings is 1. The van der Waals surface area contributed by atoms with E-state index in [9.17, 15) is 0 Å². The zero-order valence-corrected chi connectivity index (χ0v) is 16.0. The van der Waals surface area contributed by atoms with E-state index >= 15 is 0 Å². The Bertz CT molecular complexity index is 592. The lowest BCUT2D eigenvalue weighted by Crippen LogP contribution is -2.23. The monoisotopic (exact) mass is 415 g/mol. The van der Waals surface area contributed by atoms with Gasteiger partial charge in [-0.05, 0) is 71.6 Å². The molecule has 20 heavy (non-hydrogen) atoms. The van der Waals surface area contributed by atoms with Crippen molar-refractivity contribution in [3.05, 3.63) is 54.1 Å². The molecule has 0 bridgehead atoms. The van der Waals surface area contributed by atoms with Crippen molar-refractivity contribution in [3.63, 3.8) is 0 Å². The quantitative estimate of drug-likeness (QED) is 0.632. The van der Waals surface area contributed by atoms with Crippen molar-refractivity contribution in [2.45, 2.75) is 33.2 Å². The molecule has 1 nitrogen and oxygen atoms in total. The van der Waals surface area contributed by atoms with E-state index in [-0.39, 0.29) is 6.04 Å². The minimum Gasteiger partial charge on any atom is -0.306 e. The number of hydrogen-bond donors (Lipinski definition) is 1. The maximum Gasteiger partial charge on any atom is 0.0704 e. The molecule has 0 spiro atoms. The van der Waals surface area contributed by atoms with E-state index in [0.717, 1.165) is 13.0 Å². The van der Waals surface area contributed by atoms with Gasteiger partial charge in [-0.1, -0.05) is 35.0 Å². The smallest absolute Gasteiger partial charge is 0.0704 e. The van der Waals surface area contributed by atoms with Gasteiger partial charge in [0.25, 0.3) is 0 Å². The molecule has 1 atom stereocenters. The fourth-order valence-electron chi connectivity index (χ4n) is 2.29. The molecule has 108 valence electrons. The lowest BCUT2D eigenvalue weighted by molar-refractivity contribution is 0.596. The van der Waals surface area contributed by atoms with Crippen molar-refractivity contribution in [1.82, 2.24) is 5.32 Å². The minimum atomic E-state index is 0.243. The number of benzene rings is 1. The van der Waals surface area contributed by atoms with Crippen LogP contribution in [-0.4, -0.2) is 6.54 Å². The lowest BCUT2D eigenvalue weighted by atomic mass is 9.98. The summed E-state index contributed by atoms with van der Waals surface area (Å²) in [6.45, 7) is 7.52. The molecular formula is C16H19Br2NS. The van der Waals surface area contributed by atoms with Crippen molar-refractivity contribution in [1.29, 1.82) is 0 Å². The van der Waals surface area contributed by atoms with Gasteiger partial charge in [0.1, 0.15) is 0 Å². The molecule has 1 unspecified atom stereocenters. The molecule has 0 aliphatic rings. The molecule has 4 heteroatoms. The van der Waals surface area contributed by atoms with Gasteiger partial charge in [-0.2, -0.15) is 0 Å². The third-order valence-corrected chi connectivity index (χ3v) is 5.56. The highest BCUT2D eigenvalue weighted by Crippen LogP contribution is 2.36. The van der Waals surface area contributed by atoms with Gasteiger partial charge in [0.05, 0.1) is 9.83 Å². The lowest BCUT2D eigenvalue weighted by Gasteiger charge is -2.21. The molecule has 1 heterocycles. The van der Waals surface area contributed by atoms with Crippen molar-refractivity contribution < 1.29 is 0 Å². The van der Waals surface area contributed by atoms with Crippen LogP contribution in [0.4, 0.5) is 0 Å². The summed E-state index contributed by atoms with van der Waals surface area (Å²) < 4.78 is 2.37. The predicted octanol–water partition coefficient (Wildman–Crippen LogP) is 5.98. The maximum absolute atomic E-state index is 3.72. The van der Waals surface area contributed by atoms with Gasteiger partial charge in [0, 0.05) is 9.35 Å². The molecule has 2 rings (SSSR count). The molecule has 0 amide bonds. The summed E-state index contributed by atoms with van der Waals surface area (Å²) in [4.78, 5) is 1.36. The molecule has 2 aromatic rings. The van der Waals surface area contributed by atoms with E-state index in [1.807, 2.05) is 0 Å². The third kappa shape index (κ3) is 3.73. The number of nitrogens with one attached hydrogen (secondary N) is 1. The highest BCUT2D eigenvalue weighted by atomic mass is 79.9. The minimum absolute atomic E-state index is 0.243. The van der Waals surface area contributed by atoms with E-state index < -0.39 is 0 Å². The molecule has 0 saturated heterocycles. The van der Waals surface area contributed by atoms with Gasteiger partial charge in [-0.25, -0.2) is 0 Å². The fraction of sp³-hybridized carbons (Fsp3) is 0.375. The average Bonchev–Trinajstić information content (AvgIpc) is 2.71. The summed E-state index contributed by atoms with van der Waals surface area (Å²) in [6, 6.07) is 9.06. The van der Waals surface area contributed by atoms with Crippen LogP contribution in [0.3, 0.4) is 0 Å². The molecule has 0 fully saturated rings. The Balaban J connectivity index is 2.44. The normalized spacial score (nSPS) is 12.7. The Morgan fingerprint density at radius 2 is 1.90 bits per heavy atom. The number of hydrogen-bond acceptors (Lipinski definition) is 2. The summed E-state index contributed by atoms with van der Waals surface area (Å²) in [7, 11) is 0. The summed E-state index contributed by atoms with van der Waals surface area (Å²) in [6.07, 6.45) is 1.13. The first kappa shape index (κ1) is 16.2. The number of halogens is 2. The van der Waals surface area contributed by atoms with Gasteiger partial charge in [0.15, 0.2) is 0 Å². The Morgan fingerprint density at radius 1 is 1.15 bits per heavy atom. The summed E-state index contributed by atoms with van der Waals surface area (Å²) in [5.74, 6) is 0. The van der Waals surface area contributed by atoms with Crippen LogP contribution in [0.25, 0.3) is 0 Å². The number of rotatable bonds is 5. The Kier molecular flexibility index (Phi) is 5.84. The standard InChI is InChI=1S/C16H19Br2NS/c1-4-7-19-16(13-9-15(18)20-11(13)3)12-6-5-10(2)8-14(12)17/h5-6,8-9,16,19H,4,7H2,1-3H3. The maximum atomic E-state index is 3.72. The van der Waals surface area contributed by atoms with Crippen LogP contribution < -0.4 is 5.32 Å². The van der Waals surface area contributed by atoms with E-state index in [0.29, 0.717) is 0 Å². The van der Waals surface area contributed by atoms with Gasteiger partial charge < -0.3 is 5.32 Å². The number of aryl methyl sites for hydroxylation is 2. The van der Waals surface area contributed by atoms with Crippen LogP contribution >= 0.6 is 43.2 Å². The van der Waals surface area contributed by atoms with Crippen LogP contribution in [0.2, 0.25) is 0 Å². The summed E-state index contributed by atoms with van der Waals surface area (Å²) in [5, 5.41) is 3.67. The van der Waals surface area contributed by atoms with Crippen molar-refractivity contribution in [2.24, 2.45) is 0 Å². The molecule has 1 aromatic heterocycles. The van der Waals surface area contributed by atoms with E-state index in [1.54, 1.807) is 11.3 Å². The molecule has 0 aliphatic carbocycles. The van der Waals surface area contributed by atoms with Crippen LogP contribution in [0.1, 0.15) is 41.0 Å². The fourth-order valence-corrected chi connectivity index (χ4v) is 4.76. The molecule has 1 N–H and O–H groups in total. The molecule has 0 aliphatic heterocycles. The van der Waals surface area contributed by atoms with E-state index in [2.05, 4.69) is 82.2 Å². The Morgan fingerprint density at radius 3 is 2.45 bits per heavy atom. The second-order valence-corrected chi connectivity index (χ2v) is 8.46. The van der Waals surface area contributed by atoms with Crippen LogP contribution in [0, 0.1) is 13.8 Å². The van der Waals surface area contributed by atoms with Gasteiger partial charge >= 0.3 is 0 Å². The first-order valence-electron chi connectivity index (χ1n) is 6.78. The highest BCUT2D eigenvalue weighted by molar-refractivity contribution is 9.11. The first-order valence-corrected chi connectivity index (χ1v) is 9.18. The van der Waals surface area contributed by atoms with Crippen LogP contribution in [0.15, 0.2) is 32.5 Å². The van der Waals surface area contributed by atoms with Crippen molar-refractivity contribution in [2.75, 3.05) is 6.54 Å². The molecule has 0 radical (unpaired) electrons. The predicted molar refractivity (Wildman–Crippen MR) is 95.8 cm³/mol. The van der Waals surface area contributed by atoms with Crippen LogP contribution in [-0.2, 0) is 0 Å². The largest absolute Gasteiger partial charge is 0.306 e. The summed E-state index contributed by atoms with van der Waals surface area (Å²) in [5.41, 5.74) is 3.94. The SMILES string of the molecule is CCCNC(c1ccc(C)cc1Br)c1cc(Br)sc1C. The zero-order valence-electron chi connectivity index (χ0n) is 12.0. The van der Waals surface area contributed by atoms with E-state index in [4.69, 9.17) is 0 Å². The third-order valence-electron chi connectivity index (χ3n) is 3.30. The second-order valence-electron chi connectivity index (χ2n) is 4.97. The molecule has 1 aromatic carbocycles. The topological polar surface area (TPSA) is 12.0 Å². The van der Waals surface area contributed by atoms with E-state index in [1.165, 1.54) is 29.8 Å². The Labute approximate surface area is 142 Å². The average molecular weight is 417 g/mol. The van der Waals surface area contributed by atoms with Gasteiger partial charge in [-0.3, -0.25) is 0 Å². The van der Waals surface area contributed by atoms with Crippen LogP contribution in [0.5, 0.6) is 0 Å². The Hall–Kier alpha value is -0.160. The van der Waals surface area contributed by atoms with Crippen molar-refractivity contribution >= 4 is 43.2 Å². The highest BCUT2D eigenvalue weighted by Gasteiger charge is 2.19.